The van der Waals surface area contributed by atoms with Gasteiger partial charge in [-0.2, -0.15) is 0 Å². The van der Waals surface area contributed by atoms with Crippen LogP contribution in [0, 0.1) is 0 Å². The van der Waals surface area contributed by atoms with E-state index in [1.165, 1.54) is 35.3 Å². The van der Waals surface area contributed by atoms with E-state index in [4.69, 9.17) is 14.2 Å². The second kappa shape index (κ2) is 25.8. The second-order valence-electron chi connectivity index (χ2n) is 12.7. The maximum Gasteiger partial charge on any atom is 0.336 e. The van der Waals surface area contributed by atoms with Gasteiger partial charge in [0.1, 0.15) is 35.6 Å². The van der Waals surface area contributed by atoms with Crippen molar-refractivity contribution in [2.75, 3.05) is 19.8 Å². The molecule has 15 heteroatoms. The third-order valence-corrected chi connectivity index (χ3v) is 13.1. The van der Waals surface area contributed by atoms with Crippen LogP contribution < -0.4 is 17.1 Å². The van der Waals surface area contributed by atoms with Gasteiger partial charge >= 0.3 is 35.0 Å². The summed E-state index contributed by atoms with van der Waals surface area (Å²) in [6.07, 6.45) is 6.95. The lowest BCUT2D eigenvalue weighted by molar-refractivity contribution is -0.144. The first-order chi connectivity index (χ1) is 24.3. The molecular formula is C36H63N3O9S3. The van der Waals surface area contributed by atoms with Crippen molar-refractivity contribution < 1.29 is 28.6 Å². The highest BCUT2D eigenvalue weighted by molar-refractivity contribution is 8.01. The number of thioether (sulfide) groups is 3. The van der Waals surface area contributed by atoms with Crippen LogP contribution in [0.3, 0.4) is 0 Å². The lowest BCUT2D eigenvalue weighted by Crippen LogP contribution is -2.55. The summed E-state index contributed by atoms with van der Waals surface area (Å²) in [5.74, 6) is -1.26. The third kappa shape index (κ3) is 16.2. The van der Waals surface area contributed by atoms with Crippen molar-refractivity contribution >= 4 is 53.2 Å². The quantitative estimate of drug-likeness (QED) is 0.0775. The minimum absolute atomic E-state index is 0.255. The lowest BCUT2D eigenvalue weighted by atomic mass is 10.2. The van der Waals surface area contributed by atoms with Crippen LogP contribution in [-0.4, -0.2) is 82.9 Å². The van der Waals surface area contributed by atoms with Gasteiger partial charge in [0.05, 0.1) is 19.6 Å². The highest BCUT2D eigenvalue weighted by Gasteiger charge is 2.25. The van der Waals surface area contributed by atoms with Crippen LogP contribution in [0.5, 0.6) is 0 Å². The van der Waals surface area contributed by atoms with Crippen LogP contribution >= 0.6 is 35.3 Å². The van der Waals surface area contributed by atoms with Crippen LogP contribution in [0.25, 0.3) is 0 Å². The van der Waals surface area contributed by atoms with Gasteiger partial charge in [0.25, 0.3) is 0 Å². The van der Waals surface area contributed by atoms with E-state index >= 15 is 0 Å². The van der Waals surface area contributed by atoms with Crippen molar-refractivity contribution in [3.05, 3.63) is 31.5 Å². The lowest BCUT2D eigenvalue weighted by Gasteiger charge is -2.20. The van der Waals surface area contributed by atoms with Crippen LogP contribution in [0.4, 0.5) is 0 Å². The number of hydrogen-bond acceptors (Lipinski definition) is 12. The largest absolute Gasteiger partial charge is 0.463 e. The minimum atomic E-state index is -0.906. The first-order valence-electron chi connectivity index (χ1n) is 18.7. The van der Waals surface area contributed by atoms with E-state index in [1.54, 1.807) is 0 Å². The first-order valence-corrected chi connectivity index (χ1v) is 21.5. The minimum Gasteiger partial charge on any atom is -0.463 e. The van der Waals surface area contributed by atoms with Gasteiger partial charge < -0.3 is 14.2 Å². The molecule has 12 nitrogen and oxygen atoms in total. The maximum absolute atomic E-state index is 13.6. The Morgan fingerprint density at radius 3 is 0.922 bits per heavy atom. The summed E-state index contributed by atoms with van der Waals surface area (Å²) < 4.78 is 19.1. The predicted octanol–water partition coefficient (Wildman–Crippen LogP) is 5.90. The predicted molar refractivity (Wildman–Crippen MR) is 210 cm³/mol. The number of rotatable bonds is 27. The molecule has 6 atom stereocenters. The van der Waals surface area contributed by atoms with Crippen molar-refractivity contribution in [2.24, 2.45) is 0 Å². The molecule has 0 fully saturated rings. The van der Waals surface area contributed by atoms with Gasteiger partial charge in [0.2, 0.25) is 0 Å². The molecule has 1 rings (SSSR count). The topological polar surface area (TPSA) is 145 Å². The molecule has 0 spiro atoms. The van der Waals surface area contributed by atoms with Crippen molar-refractivity contribution in [3.63, 3.8) is 0 Å². The van der Waals surface area contributed by atoms with Gasteiger partial charge in [0, 0.05) is 15.7 Å². The molecule has 6 unspecified atom stereocenters. The Kier molecular flexibility index (Phi) is 23.7. The molecule has 1 aromatic heterocycles. The summed E-state index contributed by atoms with van der Waals surface area (Å²) in [7, 11) is 0. The van der Waals surface area contributed by atoms with Crippen LogP contribution in [0.2, 0.25) is 0 Å². The molecule has 0 aliphatic rings. The summed E-state index contributed by atoms with van der Waals surface area (Å²) in [5, 5.41) is -0.350. The molecule has 0 saturated carbocycles. The van der Waals surface area contributed by atoms with E-state index in [0.717, 1.165) is 52.2 Å². The van der Waals surface area contributed by atoms with Crippen molar-refractivity contribution in [1.82, 2.24) is 13.7 Å². The highest BCUT2D eigenvalue weighted by atomic mass is 32.2. The molecule has 0 aliphatic heterocycles. The number of aromatic nitrogens is 3. The Balaban J connectivity index is 3.32. The smallest absolute Gasteiger partial charge is 0.336 e. The molecule has 0 aliphatic carbocycles. The van der Waals surface area contributed by atoms with Gasteiger partial charge in [-0.3, -0.25) is 14.4 Å². The van der Waals surface area contributed by atoms with Gasteiger partial charge in [0.15, 0.2) is 0 Å². The van der Waals surface area contributed by atoms with E-state index in [2.05, 4.69) is 0 Å². The SMILES string of the molecule is CCCC(SC(C)CC)C(=O)OCCn1c(=O)n(CCOC(=O)C(CCC)SC(C)CC)c(=O)n(CCOC(=O)C(CCC)SC(C)CC)c1=O. The van der Waals surface area contributed by atoms with Crippen LogP contribution in [0.1, 0.15) is 120 Å². The molecule has 0 radical (unpaired) electrons. The van der Waals surface area contributed by atoms with Gasteiger partial charge in [-0.05, 0) is 38.5 Å². The molecule has 51 heavy (non-hydrogen) atoms. The summed E-state index contributed by atoms with van der Waals surface area (Å²) in [5.41, 5.74) is -2.72. The monoisotopic (exact) mass is 777 g/mol. The van der Waals surface area contributed by atoms with Gasteiger partial charge in [-0.25, -0.2) is 28.1 Å². The number of ether oxygens (including phenoxy) is 3. The number of carbonyl (C=O) groups excluding carboxylic acids is 3. The molecule has 0 amide bonds. The molecule has 0 bridgehead atoms. The summed E-state index contributed by atoms with van der Waals surface area (Å²) in [4.78, 5) is 79.5. The normalized spacial score (nSPS) is 15.0. The van der Waals surface area contributed by atoms with E-state index in [0.29, 0.717) is 19.3 Å². The fourth-order valence-corrected chi connectivity index (χ4v) is 8.80. The Morgan fingerprint density at radius 2 is 0.725 bits per heavy atom. The number of carbonyl (C=O) groups is 3. The van der Waals surface area contributed by atoms with Gasteiger partial charge in [-0.1, -0.05) is 81.6 Å². The Morgan fingerprint density at radius 1 is 0.490 bits per heavy atom. The summed E-state index contributed by atoms with van der Waals surface area (Å²) >= 11 is 4.61. The highest BCUT2D eigenvalue weighted by Crippen LogP contribution is 2.26. The Labute approximate surface area is 316 Å². The Hall–Kier alpha value is -2.13. The standard InChI is InChI=1S/C36H63N3O9S3/c1-10-16-28(49-25(7)13-4)31(40)46-22-19-37-34(43)38(20-23-47-32(41)29(17-11-2)50-26(8)14-5)36(45)39(35(37)44)21-24-48-33(42)30(18-12-3)51-27(9)15-6/h25-30H,10-24H2,1-9H3. The summed E-state index contributed by atoms with van der Waals surface area (Å²) in [6.45, 7) is 16.6. The maximum atomic E-state index is 13.6. The second-order valence-corrected chi connectivity index (χ2v) is 17.6. The first kappa shape index (κ1) is 46.9. The molecule has 0 aromatic carbocycles. The van der Waals surface area contributed by atoms with E-state index < -0.39 is 35.0 Å². The van der Waals surface area contributed by atoms with E-state index in [9.17, 15) is 28.8 Å². The van der Waals surface area contributed by atoms with Crippen LogP contribution in [0.15, 0.2) is 14.4 Å². The van der Waals surface area contributed by atoms with Crippen LogP contribution in [-0.2, 0) is 48.2 Å². The van der Waals surface area contributed by atoms with Crippen molar-refractivity contribution in [3.8, 4) is 0 Å². The average Bonchev–Trinajstić information content (AvgIpc) is 3.11. The number of esters is 3. The molecule has 1 heterocycles. The number of nitrogens with zero attached hydrogens (tertiary/aromatic N) is 3. The molecule has 294 valence electrons. The number of hydrogen-bond donors (Lipinski definition) is 0. The van der Waals surface area contributed by atoms with Crippen molar-refractivity contribution in [1.29, 1.82) is 0 Å². The zero-order chi connectivity index (χ0) is 38.5. The molecular weight excluding hydrogens is 715 g/mol. The fraction of sp³-hybridized carbons (Fsp3) is 0.833. The fourth-order valence-electron chi connectivity index (χ4n) is 4.89. The zero-order valence-corrected chi connectivity index (χ0v) is 34.8. The van der Waals surface area contributed by atoms with E-state index in [-0.39, 0.29) is 71.0 Å². The average molecular weight is 778 g/mol. The molecule has 0 saturated heterocycles. The Bertz CT molecular complexity index is 1190. The molecule has 1 aromatic rings. The van der Waals surface area contributed by atoms with Gasteiger partial charge in [-0.15, -0.1) is 35.3 Å². The third-order valence-electron chi connectivity index (χ3n) is 8.42. The molecule has 0 N–H and O–H groups in total. The summed E-state index contributed by atoms with van der Waals surface area (Å²) in [6, 6.07) is 0. The van der Waals surface area contributed by atoms with E-state index in [1.807, 2.05) is 62.3 Å². The van der Waals surface area contributed by atoms with Crippen molar-refractivity contribution in [2.45, 2.75) is 171 Å². The zero-order valence-electron chi connectivity index (χ0n) is 32.3.